The number of carbonyl (C=O) groups excluding carboxylic acids is 2. The molecule has 9 heteroatoms. The number of hydrogen-bond acceptors (Lipinski definition) is 9. The summed E-state index contributed by atoms with van der Waals surface area (Å²) in [6.07, 6.45) is -2.19. The number of esters is 1. The lowest BCUT2D eigenvalue weighted by molar-refractivity contribution is -0.308. The zero-order chi connectivity index (χ0) is 26.2. The molecule has 1 aliphatic rings. The molecule has 2 atom stereocenters. The molecule has 0 saturated carbocycles. The van der Waals surface area contributed by atoms with E-state index in [0.29, 0.717) is 18.4 Å². The molecule has 1 heterocycles. The molecular formula is C26H36N2O7. The zero-order valence-corrected chi connectivity index (χ0v) is 21.4. The minimum atomic E-state index is -1.06. The molecule has 0 bridgehead atoms. The average molecular weight is 489 g/mol. The highest BCUT2D eigenvalue weighted by atomic mass is 16.8. The molecular weight excluding hydrogens is 452 g/mol. The fraction of sp³-hybridized carbons (Fsp3) is 0.577. The molecule has 0 N–H and O–H groups in total. The Balaban J connectivity index is 1.94. The Kier molecular flexibility index (Phi) is 9.83. The molecule has 1 aromatic rings. The molecule has 2 rings (SSSR count). The summed E-state index contributed by atoms with van der Waals surface area (Å²) in [5.74, 6) is -0.375. The van der Waals surface area contributed by atoms with Crippen molar-refractivity contribution >= 4 is 12.1 Å². The third kappa shape index (κ3) is 8.66. The van der Waals surface area contributed by atoms with Crippen LogP contribution in [-0.4, -0.2) is 60.0 Å². The number of benzene rings is 1. The first kappa shape index (κ1) is 28.3. The van der Waals surface area contributed by atoms with Gasteiger partial charge in [-0.25, -0.2) is 9.59 Å². The predicted molar refractivity (Wildman–Crippen MR) is 128 cm³/mol. The highest BCUT2D eigenvalue weighted by molar-refractivity contribution is 5.89. The predicted octanol–water partition coefficient (Wildman–Crippen LogP) is 4.78. The van der Waals surface area contributed by atoms with Crippen molar-refractivity contribution in [2.24, 2.45) is 0 Å². The second kappa shape index (κ2) is 12.2. The van der Waals surface area contributed by atoms with Crippen LogP contribution in [0.1, 0.15) is 64.7 Å². The Hall–Kier alpha value is -2.93. The van der Waals surface area contributed by atoms with Crippen molar-refractivity contribution in [2.75, 3.05) is 13.2 Å². The largest absolute Gasteiger partial charge is 0.510 e. The maximum absolute atomic E-state index is 12.6. The number of piperidine rings is 1. The van der Waals surface area contributed by atoms with Gasteiger partial charge >= 0.3 is 12.1 Å². The van der Waals surface area contributed by atoms with Gasteiger partial charge in [0.1, 0.15) is 18.8 Å². The van der Waals surface area contributed by atoms with E-state index in [0.717, 1.165) is 5.57 Å². The van der Waals surface area contributed by atoms with Gasteiger partial charge in [-0.1, -0.05) is 30.4 Å². The van der Waals surface area contributed by atoms with Crippen molar-refractivity contribution in [2.45, 2.75) is 84.0 Å². The van der Waals surface area contributed by atoms with E-state index in [9.17, 15) is 14.9 Å². The summed E-state index contributed by atoms with van der Waals surface area (Å²) in [6, 6.07) is 10.9. The van der Waals surface area contributed by atoms with Gasteiger partial charge in [0.15, 0.2) is 6.10 Å². The molecule has 0 aromatic heterocycles. The van der Waals surface area contributed by atoms with Gasteiger partial charge in [-0.15, -0.1) is 0 Å². The quantitative estimate of drug-likeness (QED) is 0.261. The lowest BCUT2D eigenvalue weighted by Gasteiger charge is -2.53. The summed E-state index contributed by atoms with van der Waals surface area (Å²) in [6.45, 7) is 14.8. The van der Waals surface area contributed by atoms with Crippen LogP contribution in [0.15, 0.2) is 42.5 Å². The average Bonchev–Trinajstić information content (AvgIpc) is 2.76. The van der Waals surface area contributed by atoms with Gasteiger partial charge in [0.05, 0.1) is 12.2 Å². The molecule has 1 saturated heterocycles. The van der Waals surface area contributed by atoms with Crippen LogP contribution in [0.5, 0.6) is 0 Å². The summed E-state index contributed by atoms with van der Waals surface area (Å²) < 4.78 is 21.1. The summed E-state index contributed by atoms with van der Waals surface area (Å²) in [5.41, 5.74) is 0.124. The van der Waals surface area contributed by atoms with Crippen LogP contribution in [0.3, 0.4) is 0 Å². The highest BCUT2D eigenvalue weighted by Gasteiger charge is 2.49. The summed E-state index contributed by atoms with van der Waals surface area (Å²) in [4.78, 5) is 30.5. The number of rotatable bonds is 10. The lowest BCUT2D eigenvalue weighted by Crippen LogP contribution is -2.63. The number of nitriles is 1. The fourth-order valence-electron chi connectivity index (χ4n) is 4.16. The molecule has 0 amide bonds. The van der Waals surface area contributed by atoms with Gasteiger partial charge in [-0.05, 0) is 53.7 Å². The Morgan fingerprint density at radius 1 is 1.17 bits per heavy atom. The molecule has 192 valence electrons. The summed E-state index contributed by atoms with van der Waals surface area (Å²) >= 11 is 0. The van der Waals surface area contributed by atoms with Gasteiger partial charge in [-0.2, -0.15) is 10.3 Å². The maximum Gasteiger partial charge on any atom is 0.510 e. The molecule has 2 unspecified atom stereocenters. The van der Waals surface area contributed by atoms with E-state index in [2.05, 4.69) is 6.58 Å². The van der Waals surface area contributed by atoms with Crippen LogP contribution >= 0.6 is 0 Å². The van der Waals surface area contributed by atoms with E-state index >= 15 is 0 Å². The van der Waals surface area contributed by atoms with Crippen LogP contribution in [0.25, 0.3) is 0 Å². The summed E-state index contributed by atoms with van der Waals surface area (Å²) in [5, 5.41) is 11.3. The Morgan fingerprint density at radius 2 is 1.77 bits per heavy atom. The highest BCUT2D eigenvalue weighted by Crippen LogP contribution is 2.40. The smallest absolute Gasteiger partial charge is 0.459 e. The van der Waals surface area contributed by atoms with Gasteiger partial charge in [0, 0.05) is 23.9 Å². The third-order valence-corrected chi connectivity index (χ3v) is 5.39. The molecule has 1 fully saturated rings. The van der Waals surface area contributed by atoms with Crippen LogP contribution in [-0.2, 0) is 23.8 Å². The van der Waals surface area contributed by atoms with Crippen molar-refractivity contribution < 1.29 is 33.4 Å². The van der Waals surface area contributed by atoms with Crippen LogP contribution in [0.4, 0.5) is 4.79 Å². The minimum absolute atomic E-state index is 0.249. The Morgan fingerprint density at radius 3 is 2.31 bits per heavy atom. The van der Waals surface area contributed by atoms with Crippen molar-refractivity contribution in [1.29, 1.82) is 5.26 Å². The van der Waals surface area contributed by atoms with Crippen LogP contribution in [0.2, 0.25) is 0 Å². The number of nitrogens with zero attached hydrogens (tertiary/aromatic N) is 2. The molecule has 0 radical (unpaired) electrons. The molecule has 1 aliphatic heterocycles. The third-order valence-electron chi connectivity index (χ3n) is 5.39. The second-order valence-corrected chi connectivity index (χ2v) is 9.96. The summed E-state index contributed by atoms with van der Waals surface area (Å²) in [7, 11) is 0. The van der Waals surface area contributed by atoms with Gasteiger partial charge in [0.2, 0.25) is 6.29 Å². The van der Waals surface area contributed by atoms with Crippen LogP contribution in [0, 0.1) is 11.3 Å². The lowest BCUT2D eigenvalue weighted by atomic mass is 9.80. The number of ether oxygens (including phenoxy) is 4. The minimum Gasteiger partial charge on any atom is -0.459 e. The SMILES string of the molecule is C=C(C)COC(C)OC(=O)OCC(C#N)ON1C(C)(C)CC(OC(=O)c2ccccc2)CC1(C)C. The molecule has 35 heavy (non-hydrogen) atoms. The van der Waals surface area contributed by atoms with Gasteiger partial charge in [0.25, 0.3) is 0 Å². The first-order valence-electron chi connectivity index (χ1n) is 11.6. The Labute approximate surface area is 207 Å². The van der Waals surface area contributed by atoms with Gasteiger partial charge in [-0.3, -0.25) is 4.84 Å². The number of hydrogen-bond donors (Lipinski definition) is 0. The normalized spacial score (nSPS) is 19.1. The molecule has 0 aliphatic carbocycles. The standard InChI is InChI=1S/C26H36N2O7/c1-18(2)16-31-19(3)33-24(30)32-17-22(15-27)35-28-25(4,5)13-21(14-26(28,6)7)34-23(29)20-11-9-8-10-12-20/h8-12,19,21-22H,1,13-14,16-17H2,2-7H3. The van der Waals surface area contributed by atoms with Gasteiger partial charge < -0.3 is 18.9 Å². The van der Waals surface area contributed by atoms with E-state index in [-0.39, 0.29) is 25.3 Å². The Bertz CT molecular complexity index is 905. The van der Waals surface area contributed by atoms with E-state index in [1.165, 1.54) is 0 Å². The molecule has 0 spiro atoms. The fourth-order valence-corrected chi connectivity index (χ4v) is 4.16. The van der Waals surface area contributed by atoms with Crippen molar-refractivity contribution in [1.82, 2.24) is 5.06 Å². The second-order valence-electron chi connectivity index (χ2n) is 9.96. The molecule has 9 nitrogen and oxygen atoms in total. The first-order valence-corrected chi connectivity index (χ1v) is 11.6. The topological polar surface area (TPSA) is 107 Å². The molecule has 1 aromatic carbocycles. The monoisotopic (exact) mass is 488 g/mol. The number of hydroxylamine groups is 2. The van der Waals surface area contributed by atoms with E-state index in [1.54, 1.807) is 43.2 Å². The maximum atomic E-state index is 12.6. The van der Waals surface area contributed by atoms with Crippen molar-refractivity contribution in [3.63, 3.8) is 0 Å². The zero-order valence-electron chi connectivity index (χ0n) is 21.4. The van der Waals surface area contributed by atoms with Crippen LogP contribution < -0.4 is 0 Å². The van der Waals surface area contributed by atoms with E-state index in [1.807, 2.05) is 39.8 Å². The van der Waals surface area contributed by atoms with Crippen molar-refractivity contribution in [3.8, 4) is 6.07 Å². The van der Waals surface area contributed by atoms with Crippen molar-refractivity contribution in [3.05, 3.63) is 48.0 Å². The van der Waals surface area contributed by atoms with E-state index < -0.39 is 29.6 Å². The number of carbonyl (C=O) groups is 2. The first-order chi connectivity index (χ1) is 16.3. The van der Waals surface area contributed by atoms with E-state index in [4.69, 9.17) is 23.8 Å².